The van der Waals surface area contributed by atoms with Gasteiger partial charge in [-0.25, -0.2) is 4.79 Å². The summed E-state index contributed by atoms with van der Waals surface area (Å²) in [5, 5.41) is 2.70. The summed E-state index contributed by atoms with van der Waals surface area (Å²) in [5.41, 5.74) is 8.62. The van der Waals surface area contributed by atoms with Gasteiger partial charge in [0.05, 0.1) is 11.4 Å². The van der Waals surface area contributed by atoms with Crippen molar-refractivity contribution in [1.82, 2.24) is 0 Å². The largest absolute Gasteiger partial charge is 0.444 e. The lowest BCUT2D eigenvalue weighted by Gasteiger charge is -2.23. The number of carbonyl (C=O) groups excluding carboxylic acids is 1. The molecule has 0 aliphatic rings. The van der Waals surface area contributed by atoms with E-state index in [0.717, 1.165) is 17.8 Å². The highest BCUT2D eigenvalue weighted by Crippen LogP contribution is 2.29. The molecule has 0 aromatic heterocycles. The predicted molar refractivity (Wildman–Crippen MR) is 84.4 cm³/mol. The molecule has 0 saturated heterocycles. The Kier molecular flexibility index (Phi) is 4.87. The predicted octanol–water partition coefficient (Wildman–Crippen LogP) is 3.38. The van der Waals surface area contributed by atoms with Crippen molar-refractivity contribution in [2.45, 2.75) is 40.2 Å². The van der Waals surface area contributed by atoms with Crippen LogP contribution in [0.3, 0.4) is 0 Å². The number of amides is 1. The van der Waals surface area contributed by atoms with Crippen molar-refractivity contribution < 1.29 is 9.53 Å². The van der Waals surface area contributed by atoms with Gasteiger partial charge in [-0.3, -0.25) is 5.32 Å². The minimum Gasteiger partial charge on any atom is -0.444 e. The highest BCUT2D eigenvalue weighted by Gasteiger charge is 2.17. The number of anilines is 3. The minimum absolute atomic E-state index is 0.502. The van der Waals surface area contributed by atoms with E-state index in [1.54, 1.807) is 0 Å². The standard InChI is InChI=1S/C15H25N3O2/c1-7-18(6)13-9-12(11(16)8-10(13)2)17-14(19)20-15(3,4)5/h8-9H,7,16H2,1-6H3,(H,17,19). The van der Waals surface area contributed by atoms with E-state index >= 15 is 0 Å². The summed E-state index contributed by atoms with van der Waals surface area (Å²) in [4.78, 5) is 13.9. The molecule has 0 aliphatic carbocycles. The van der Waals surface area contributed by atoms with E-state index in [9.17, 15) is 4.79 Å². The smallest absolute Gasteiger partial charge is 0.412 e. The van der Waals surface area contributed by atoms with Gasteiger partial charge < -0.3 is 15.4 Å². The molecule has 0 spiro atoms. The van der Waals surface area contributed by atoms with E-state index in [1.807, 2.05) is 46.9 Å². The summed E-state index contributed by atoms with van der Waals surface area (Å²) in [6, 6.07) is 3.73. The molecule has 20 heavy (non-hydrogen) atoms. The molecule has 0 aliphatic heterocycles. The maximum atomic E-state index is 11.8. The Morgan fingerprint density at radius 2 is 2.00 bits per heavy atom. The van der Waals surface area contributed by atoms with E-state index < -0.39 is 11.7 Å². The number of benzene rings is 1. The molecule has 0 heterocycles. The molecule has 0 saturated carbocycles. The van der Waals surface area contributed by atoms with Crippen molar-refractivity contribution in [2.24, 2.45) is 0 Å². The van der Waals surface area contributed by atoms with Crippen LogP contribution in [-0.4, -0.2) is 25.3 Å². The van der Waals surface area contributed by atoms with Crippen LogP contribution in [0.25, 0.3) is 0 Å². The number of nitrogens with two attached hydrogens (primary N) is 1. The zero-order valence-corrected chi connectivity index (χ0v) is 13.2. The number of nitrogens with one attached hydrogen (secondary N) is 1. The van der Waals surface area contributed by atoms with Crippen LogP contribution in [-0.2, 0) is 4.74 Å². The molecular weight excluding hydrogens is 254 g/mol. The van der Waals surface area contributed by atoms with Gasteiger partial charge in [-0.05, 0) is 52.3 Å². The molecule has 0 atom stereocenters. The number of hydrogen-bond donors (Lipinski definition) is 2. The number of rotatable bonds is 3. The van der Waals surface area contributed by atoms with Crippen LogP contribution in [0.15, 0.2) is 12.1 Å². The summed E-state index contributed by atoms with van der Waals surface area (Å²) < 4.78 is 5.23. The Balaban J connectivity index is 2.98. The van der Waals surface area contributed by atoms with Gasteiger partial charge in [-0.15, -0.1) is 0 Å². The van der Waals surface area contributed by atoms with Crippen LogP contribution in [0.5, 0.6) is 0 Å². The highest BCUT2D eigenvalue weighted by molar-refractivity contribution is 5.90. The van der Waals surface area contributed by atoms with Gasteiger partial charge in [0.1, 0.15) is 5.60 Å². The highest BCUT2D eigenvalue weighted by atomic mass is 16.6. The molecular formula is C15H25N3O2. The summed E-state index contributed by atoms with van der Waals surface area (Å²) in [5.74, 6) is 0. The molecule has 0 bridgehead atoms. The van der Waals surface area contributed by atoms with Crippen molar-refractivity contribution in [3.8, 4) is 0 Å². The number of nitrogens with zero attached hydrogens (tertiary/aromatic N) is 1. The molecule has 1 rings (SSSR count). The lowest BCUT2D eigenvalue weighted by Crippen LogP contribution is -2.27. The van der Waals surface area contributed by atoms with E-state index in [1.165, 1.54) is 0 Å². The van der Waals surface area contributed by atoms with Gasteiger partial charge in [0.2, 0.25) is 0 Å². The van der Waals surface area contributed by atoms with Crippen LogP contribution in [0.4, 0.5) is 21.9 Å². The second-order valence-electron chi connectivity index (χ2n) is 5.87. The Morgan fingerprint density at radius 3 is 2.50 bits per heavy atom. The average Bonchev–Trinajstić information content (AvgIpc) is 2.29. The second kappa shape index (κ2) is 6.03. The number of carbonyl (C=O) groups is 1. The molecule has 0 unspecified atom stereocenters. The quantitative estimate of drug-likeness (QED) is 0.832. The summed E-state index contributed by atoms with van der Waals surface area (Å²) in [7, 11) is 2.00. The normalized spacial score (nSPS) is 11.1. The van der Waals surface area contributed by atoms with Gasteiger partial charge in [-0.2, -0.15) is 0 Å². The summed E-state index contributed by atoms with van der Waals surface area (Å²) >= 11 is 0. The van der Waals surface area contributed by atoms with Crippen molar-refractivity contribution in [2.75, 3.05) is 29.5 Å². The third-order valence-corrected chi connectivity index (χ3v) is 2.89. The molecule has 5 heteroatoms. The van der Waals surface area contributed by atoms with Crippen LogP contribution >= 0.6 is 0 Å². The fraction of sp³-hybridized carbons (Fsp3) is 0.533. The van der Waals surface area contributed by atoms with E-state index in [2.05, 4.69) is 17.1 Å². The van der Waals surface area contributed by atoms with Crippen LogP contribution in [0, 0.1) is 6.92 Å². The molecule has 3 N–H and O–H groups in total. The molecule has 0 radical (unpaired) electrons. The zero-order valence-electron chi connectivity index (χ0n) is 13.2. The van der Waals surface area contributed by atoms with Crippen molar-refractivity contribution >= 4 is 23.2 Å². The summed E-state index contributed by atoms with van der Waals surface area (Å²) in [6.07, 6.45) is -0.502. The first-order chi connectivity index (χ1) is 9.14. The minimum atomic E-state index is -0.535. The topological polar surface area (TPSA) is 67.6 Å². The second-order valence-corrected chi connectivity index (χ2v) is 5.87. The van der Waals surface area contributed by atoms with Crippen molar-refractivity contribution in [1.29, 1.82) is 0 Å². The molecule has 112 valence electrons. The number of ether oxygens (including phenoxy) is 1. The Labute approximate surface area is 121 Å². The third-order valence-electron chi connectivity index (χ3n) is 2.89. The molecule has 1 amide bonds. The van der Waals surface area contributed by atoms with Crippen molar-refractivity contribution in [3.63, 3.8) is 0 Å². The number of hydrogen-bond acceptors (Lipinski definition) is 4. The average molecular weight is 279 g/mol. The number of aryl methyl sites for hydroxylation is 1. The first-order valence-corrected chi connectivity index (χ1v) is 6.75. The van der Waals surface area contributed by atoms with Crippen LogP contribution < -0.4 is 16.0 Å². The van der Waals surface area contributed by atoms with E-state index in [4.69, 9.17) is 10.5 Å². The lowest BCUT2D eigenvalue weighted by atomic mass is 10.1. The molecule has 0 fully saturated rings. The van der Waals surface area contributed by atoms with Gasteiger partial charge >= 0.3 is 6.09 Å². The van der Waals surface area contributed by atoms with Crippen LogP contribution in [0.2, 0.25) is 0 Å². The maximum absolute atomic E-state index is 11.8. The molecule has 1 aromatic rings. The van der Waals surface area contributed by atoms with Crippen molar-refractivity contribution in [3.05, 3.63) is 17.7 Å². The maximum Gasteiger partial charge on any atom is 0.412 e. The Bertz CT molecular complexity index is 493. The van der Waals surface area contributed by atoms with Gasteiger partial charge in [0.25, 0.3) is 0 Å². The Morgan fingerprint density at radius 1 is 1.40 bits per heavy atom. The number of nitrogen functional groups attached to an aromatic ring is 1. The summed E-state index contributed by atoms with van der Waals surface area (Å²) in [6.45, 7) is 10.4. The molecule has 5 nitrogen and oxygen atoms in total. The monoisotopic (exact) mass is 279 g/mol. The zero-order chi connectivity index (χ0) is 15.5. The third kappa shape index (κ3) is 4.33. The van der Waals surface area contributed by atoms with Gasteiger partial charge in [-0.1, -0.05) is 0 Å². The Hall–Kier alpha value is -1.91. The van der Waals surface area contributed by atoms with Crippen LogP contribution in [0.1, 0.15) is 33.3 Å². The SMILES string of the molecule is CCN(C)c1cc(NC(=O)OC(C)(C)C)c(N)cc1C. The van der Waals surface area contributed by atoms with Gasteiger partial charge in [0, 0.05) is 19.3 Å². The van der Waals surface area contributed by atoms with E-state index in [-0.39, 0.29) is 0 Å². The van der Waals surface area contributed by atoms with Gasteiger partial charge in [0.15, 0.2) is 0 Å². The molecule has 1 aromatic carbocycles. The lowest BCUT2D eigenvalue weighted by molar-refractivity contribution is 0.0636. The van der Waals surface area contributed by atoms with E-state index in [0.29, 0.717) is 11.4 Å². The first-order valence-electron chi connectivity index (χ1n) is 6.75. The fourth-order valence-corrected chi connectivity index (χ4v) is 1.82. The first kappa shape index (κ1) is 16.1. The fourth-order valence-electron chi connectivity index (χ4n) is 1.82.